The molecule has 2 rings (SSSR count). The van der Waals surface area contributed by atoms with Crippen LogP contribution in [0.15, 0.2) is 0 Å². The average Bonchev–Trinajstić information content (AvgIpc) is 2.99. The smallest absolute Gasteiger partial charge is 0.0908 e. The predicted molar refractivity (Wildman–Crippen MR) is 69.0 cm³/mol. The van der Waals surface area contributed by atoms with Crippen LogP contribution in [-0.2, 0) is 9.47 Å². The summed E-state index contributed by atoms with van der Waals surface area (Å²) in [6.07, 6.45) is 1.11. The van der Waals surface area contributed by atoms with Crippen molar-refractivity contribution in [2.75, 3.05) is 24.7 Å². The largest absolute Gasteiger partial charge is 0.372 e. The molecular weight excluding hydrogens is 256 g/mol. The highest BCUT2D eigenvalue weighted by atomic mass is 33.1. The van der Waals surface area contributed by atoms with Crippen LogP contribution in [0, 0.1) is 0 Å². The van der Waals surface area contributed by atoms with E-state index in [1.54, 1.807) is 0 Å². The third-order valence-corrected chi connectivity index (χ3v) is 8.22. The highest BCUT2D eigenvalue weighted by Crippen LogP contribution is 2.41. The second-order valence-corrected chi connectivity index (χ2v) is 9.04. The molecule has 0 saturated carbocycles. The fourth-order valence-corrected chi connectivity index (χ4v) is 6.81. The summed E-state index contributed by atoms with van der Waals surface area (Å²) in [5.74, 6) is 2.29. The molecule has 2 unspecified atom stereocenters. The summed E-state index contributed by atoms with van der Waals surface area (Å²) in [6, 6.07) is 0. The van der Waals surface area contributed by atoms with Gasteiger partial charge in [0.05, 0.1) is 30.0 Å². The summed E-state index contributed by atoms with van der Waals surface area (Å²) in [4.78, 5) is 0. The van der Waals surface area contributed by atoms with Crippen molar-refractivity contribution in [2.45, 2.75) is 23.7 Å². The summed E-state index contributed by atoms with van der Waals surface area (Å²) >= 11 is 0. The van der Waals surface area contributed by atoms with Gasteiger partial charge in [-0.3, -0.25) is 0 Å². The molecule has 2 nitrogen and oxygen atoms in total. The number of epoxide rings is 2. The normalized spacial score (nSPS) is 31.5. The van der Waals surface area contributed by atoms with E-state index < -0.39 is 0 Å². The van der Waals surface area contributed by atoms with E-state index >= 15 is 0 Å². The molecule has 0 amide bonds. The quantitative estimate of drug-likeness (QED) is 0.382. The van der Waals surface area contributed by atoms with Gasteiger partial charge in [0, 0.05) is 11.5 Å². The molecule has 2 aliphatic rings. The van der Waals surface area contributed by atoms with Crippen LogP contribution in [0.25, 0.3) is 0 Å². The summed E-state index contributed by atoms with van der Waals surface area (Å²) < 4.78 is 11.0. The van der Waals surface area contributed by atoms with Gasteiger partial charge in [0.1, 0.15) is 0 Å². The zero-order valence-electron chi connectivity index (χ0n) is 8.01. The first-order valence-electron chi connectivity index (χ1n) is 4.64. The van der Waals surface area contributed by atoms with Crippen LogP contribution in [0.4, 0.5) is 0 Å². The van der Waals surface area contributed by atoms with Crippen LogP contribution >= 0.6 is 43.2 Å². The average molecular weight is 270 g/mol. The van der Waals surface area contributed by atoms with Crippen molar-refractivity contribution >= 4 is 43.2 Å². The fourth-order valence-electron chi connectivity index (χ4n) is 0.767. The summed E-state index contributed by atoms with van der Waals surface area (Å²) in [6.45, 7) is 4.21. The van der Waals surface area contributed by atoms with Crippen molar-refractivity contribution in [2.24, 2.45) is 0 Å². The molecule has 0 N–H and O–H groups in total. The molecule has 0 aromatic heterocycles. The Labute approximate surface area is 101 Å². The van der Waals surface area contributed by atoms with Gasteiger partial charge in [-0.25, -0.2) is 0 Å². The molecular formula is C8H14O2S4. The molecule has 0 radical (unpaired) electrons. The summed E-state index contributed by atoms with van der Waals surface area (Å²) in [7, 11) is 7.77. The number of ether oxygens (including phenoxy) is 2. The molecule has 0 aliphatic carbocycles. The second-order valence-electron chi connectivity index (χ2n) is 3.24. The third-order valence-electron chi connectivity index (χ3n) is 1.72. The van der Waals surface area contributed by atoms with Gasteiger partial charge in [0.15, 0.2) is 0 Å². The van der Waals surface area contributed by atoms with Crippen LogP contribution in [0.1, 0.15) is 6.92 Å². The van der Waals surface area contributed by atoms with Crippen LogP contribution < -0.4 is 0 Å². The zero-order chi connectivity index (χ0) is 9.80. The predicted octanol–water partition coefficient (Wildman–Crippen LogP) is 2.89. The number of rotatable bonds is 8. The van der Waals surface area contributed by atoms with E-state index in [0.29, 0.717) is 16.8 Å². The van der Waals surface area contributed by atoms with Gasteiger partial charge in [-0.2, -0.15) is 0 Å². The molecule has 2 saturated heterocycles. The van der Waals surface area contributed by atoms with E-state index in [1.165, 1.54) is 0 Å². The molecule has 0 aromatic carbocycles. The maximum Gasteiger partial charge on any atom is 0.0908 e. The van der Waals surface area contributed by atoms with Crippen molar-refractivity contribution < 1.29 is 9.47 Å². The van der Waals surface area contributed by atoms with Crippen molar-refractivity contribution in [3.05, 3.63) is 0 Å². The van der Waals surface area contributed by atoms with Crippen LogP contribution in [-0.4, -0.2) is 41.5 Å². The lowest BCUT2D eigenvalue weighted by molar-refractivity contribution is 0.426. The molecule has 2 fully saturated rings. The molecule has 2 heterocycles. The van der Waals surface area contributed by atoms with E-state index in [-0.39, 0.29) is 0 Å². The minimum absolute atomic E-state index is 0.553. The number of hydrogen-bond acceptors (Lipinski definition) is 6. The first kappa shape index (κ1) is 11.8. The van der Waals surface area contributed by atoms with Crippen LogP contribution in [0.5, 0.6) is 0 Å². The molecule has 14 heavy (non-hydrogen) atoms. The van der Waals surface area contributed by atoms with Gasteiger partial charge in [0.25, 0.3) is 0 Å². The zero-order valence-corrected chi connectivity index (χ0v) is 11.3. The monoisotopic (exact) mass is 270 g/mol. The Morgan fingerprint density at radius 3 is 1.86 bits per heavy atom. The second kappa shape index (κ2) is 6.15. The van der Waals surface area contributed by atoms with Gasteiger partial charge in [0.2, 0.25) is 0 Å². The molecule has 0 bridgehead atoms. The SMILES string of the molecule is CC(SSCC1CO1)SSCC1CO1. The van der Waals surface area contributed by atoms with Gasteiger partial charge < -0.3 is 9.47 Å². The van der Waals surface area contributed by atoms with Crippen molar-refractivity contribution in [1.29, 1.82) is 0 Å². The first-order valence-corrected chi connectivity index (χ1v) is 9.41. The molecule has 6 heteroatoms. The summed E-state index contributed by atoms with van der Waals surface area (Å²) in [5, 5.41) is 0. The van der Waals surface area contributed by atoms with E-state index in [9.17, 15) is 0 Å². The standard InChI is InChI=1S/C8H14O2S4/c1-6(13-11-4-7-2-9-7)14-12-5-8-3-10-8/h6-8H,2-5H2,1H3. The highest BCUT2D eigenvalue weighted by Gasteiger charge is 2.24. The Hall–Kier alpha value is 1.32. The van der Waals surface area contributed by atoms with Gasteiger partial charge in [-0.15, -0.1) is 0 Å². The van der Waals surface area contributed by atoms with Gasteiger partial charge >= 0.3 is 0 Å². The van der Waals surface area contributed by atoms with E-state index in [4.69, 9.17) is 9.47 Å². The fraction of sp³-hybridized carbons (Fsp3) is 1.00. The first-order chi connectivity index (χ1) is 6.84. The lowest BCUT2D eigenvalue weighted by Crippen LogP contribution is -1.91. The van der Waals surface area contributed by atoms with E-state index in [0.717, 1.165) is 24.7 Å². The summed E-state index contributed by atoms with van der Waals surface area (Å²) in [5.41, 5.74) is 0. The minimum Gasteiger partial charge on any atom is -0.372 e. The lowest BCUT2D eigenvalue weighted by atomic mass is 10.6. The molecule has 0 aromatic rings. The Morgan fingerprint density at radius 1 is 1.07 bits per heavy atom. The van der Waals surface area contributed by atoms with E-state index in [2.05, 4.69) is 6.92 Å². The minimum atomic E-state index is 0.553. The van der Waals surface area contributed by atoms with Crippen molar-refractivity contribution in [1.82, 2.24) is 0 Å². The Morgan fingerprint density at radius 2 is 1.50 bits per heavy atom. The van der Waals surface area contributed by atoms with Crippen LogP contribution in [0.2, 0.25) is 0 Å². The maximum atomic E-state index is 5.15. The Balaban J connectivity index is 1.38. The van der Waals surface area contributed by atoms with Gasteiger partial charge in [-0.1, -0.05) is 43.2 Å². The molecule has 2 aliphatic heterocycles. The third kappa shape index (κ3) is 5.42. The number of hydrogen-bond donors (Lipinski definition) is 0. The van der Waals surface area contributed by atoms with Crippen molar-refractivity contribution in [3.63, 3.8) is 0 Å². The topological polar surface area (TPSA) is 25.1 Å². The maximum absolute atomic E-state index is 5.15. The molecule has 0 spiro atoms. The highest BCUT2D eigenvalue weighted by molar-refractivity contribution is 8.85. The van der Waals surface area contributed by atoms with Crippen LogP contribution in [0.3, 0.4) is 0 Å². The van der Waals surface area contributed by atoms with Crippen molar-refractivity contribution in [3.8, 4) is 0 Å². The molecule has 82 valence electrons. The Kier molecular flexibility index (Phi) is 5.18. The van der Waals surface area contributed by atoms with E-state index in [1.807, 2.05) is 43.2 Å². The van der Waals surface area contributed by atoms with Gasteiger partial charge in [-0.05, 0) is 6.92 Å². The Bertz CT molecular complexity index is 155. The molecule has 2 atom stereocenters. The lowest BCUT2D eigenvalue weighted by Gasteiger charge is -2.07.